The predicted molar refractivity (Wildman–Crippen MR) is 69.7 cm³/mol. The quantitative estimate of drug-likeness (QED) is 0.603. The van der Waals surface area contributed by atoms with Crippen molar-refractivity contribution in [3.8, 4) is 0 Å². The van der Waals surface area contributed by atoms with E-state index in [2.05, 4.69) is 25.9 Å². The van der Waals surface area contributed by atoms with Crippen LogP contribution in [0.2, 0.25) is 5.02 Å². The third-order valence-corrected chi connectivity index (χ3v) is 3.10. The van der Waals surface area contributed by atoms with Gasteiger partial charge in [0.25, 0.3) is 0 Å². The van der Waals surface area contributed by atoms with Crippen LogP contribution in [0.25, 0.3) is 0 Å². The Morgan fingerprint density at radius 1 is 1.50 bits per heavy atom. The van der Waals surface area contributed by atoms with Crippen LogP contribution in [-0.4, -0.2) is 44.0 Å². The third-order valence-electron chi connectivity index (χ3n) is 2.65. The normalized spacial score (nSPS) is 19.8. The molecular formula is C9H15BClN5. The number of halogens is 1. The van der Waals surface area contributed by atoms with Crippen LogP contribution in [0.15, 0.2) is 0 Å². The van der Waals surface area contributed by atoms with Crippen LogP contribution in [0.5, 0.6) is 0 Å². The maximum atomic E-state index is 6.05. The molecule has 2 rings (SSSR count). The SMILES string of the molecule is Bc1nc(N[C@@H]2CCNC2)nc(NC)c1Cl. The van der Waals surface area contributed by atoms with Crippen LogP contribution < -0.4 is 21.5 Å². The Balaban J connectivity index is 2.17. The molecule has 7 heteroatoms. The molecule has 0 aliphatic carbocycles. The lowest BCUT2D eigenvalue weighted by molar-refractivity contribution is 0.782. The highest BCUT2D eigenvalue weighted by molar-refractivity contribution is 6.45. The van der Waals surface area contributed by atoms with Crippen molar-refractivity contribution in [1.82, 2.24) is 15.3 Å². The van der Waals surface area contributed by atoms with Crippen LogP contribution in [0.3, 0.4) is 0 Å². The molecule has 1 aliphatic heterocycles. The predicted octanol–water partition coefficient (Wildman–Crippen LogP) is -0.796. The molecule has 1 aromatic rings. The lowest BCUT2D eigenvalue weighted by Gasteiger charge is -2.13. The molecule has 0 bridgehead atoms. The lowest BCUT2D eigenvalue weighted by atomic mass is 10.0. The maximum Gasteiger partial charge on any atom is 0.224 e. The van der Waals surface area contributed by atoms with Gasteiger partial charge in [0.05, 0.1) is 5.02 Å². The highest BCUT2D eigenvalue weighted by Crippen LogP contribution is 2.17. The third kappa shape index (κ3) is 2.39. The fraction of sp³-hybridized carbons (Fsp3) is 0.556. The minimum atomic E-state index is 0.408. The summed E-state index contributed by atoms with van der Waals surface area (Å²) in [4.78, 5) is 8.64. The highest BCUT2D eigenvalue weighted by Gasteiger charge is 2.16. The standard InChI is InChI=1S/C9H15BClN5/c1-12-8-6(11)7(10)15-9(16-8)14-5-2-3-13-4-5/h5,13H,2-4,10H2,1H3,(H2,12,14,15,16)/t5-/m1/s1. The molecule has 0 unspecified atom stereocenters. The van der Waals surface area contributed by atoms with E-state index in [4.69, 9.17) is 11.6 Å². The summed E-state index contributed by atoms with van der Waals surface area (Å²) < 4.78 is 0. The lowest BCUT2D eigenvalue weighted by Crippen LogP contribution is -2.26. The smallest absolute Gasteiger partial charge is 0.224 e. The van der Waals surface area contributed by atoms with E-state index in [0.717, 1.165) is 25.1 Å². The van der Waals surface area contributed by atoms with Gasteiger partial charge >= 0.3 is 0 Å². The monoisotopic (exact) mass is 239 g/mol. The van der Waals surface area contributed by atoms with E-state index in [1.54, 1.807) is 7.05 Å². The number of hydrogen-bond acceptors (Lipinski definition) is 5. The minimum Gasteiger partial charge on any atom is -0.372 e. The van der Waals surface area contributed by atoms with Gasteiger partial charge in [-0.05, 0) is 13.0 Å². The number of nitrogens with zero attached hydrogens (tertiary/aromatic N) is 2. The highest BCUT2D eigenvalue weighted by atomic mass is 35.5. The van der Waals surface area contributed by atoms with E-state index in [-0.39, 0.29) is 0 Å². The number of nitrogens with one attached hydrogen (secondary N) is 3. The van der Waals surface area contributed by atoms with Gasteiger partial charge in [-0.3, -0.25) is 0 Å². The Kier molecular flexibility index (Phi) is 3.50. The van der Waals surface area contributed by atoms with E-state index in [0.29, 0.717) is 22.8 Å². The van der Waals surface area contributed by atoms with Gasteiger partial charge in [0.2, 0.25) is 5.95 Å². The molecule has 0 aromatic carbocycles. The largest absolute Gasteiger partial charge is 0.372 e. The summed E-state index contributed by atoms with van der Waals surface area (Å²) in [6.07, 6.45) is 1.10. The van der Waals surface area contributed by atoms with Crippen molar-refractivity contribution in [1.29, 1.82) is 0 Å². The first-order valence-corrected chi connectivity index (χ1v) is 5.77. The van der Waals surface area contributed by atoms with Gasteiger partial charge in [0, 0.05) is 25.2 Å². The summed E-state index contributed by atoms with van der Waals surface area (Å²) in [5.41, 5.74) is 0.787. The summed E-state index contributed by atoms with van der Waals surface area (Å²) in [6, 6.07) is 0.408. The summed E-state index contributed by atoms with van der Waals surface area (Å²) >= 11 is 6.05. The van der Waals surface area contributed by atoms with Crippen molar-refractivity contribution in [2.24, 2.45) is 0 Å². The average Bonchev–Trinajstić information content (AvgIpc) is 2.76. The van der Waals surface area contributed by atoms with Gasteiger partial charge in [-0.2, -0.15) is 4.98 Å². The molecule has 0 amide bonds. The molecule has 0 spiro atoms. The van der Waals surface area contributed by atoms with E-state index in [1.165, 1.54) is 0 Å². The van der Waals surface area contributed by atoms with E-state index in [9.17, 15) is 0 Å². The minimum absolute atomic E-state index is 0.408. The number of aromatic nitrogens is 2. The summed E-state index contributed by atoms with van der Waals surface area (Å²) in [5, 5.41) is 10.1. The van der Waals surface area contributed by atoms with Crippen molar-refractivity contribution >= 4 is 36.8 Å². The molecule has 0 radical (unpaired) electrons. The fourth-order valence-corrected chi connectivity index (χ4v) is 1.93. The Bertz CT molecular complexity index is 380. The summed E-state index contributed by atoms with van der Waals surface area (Å²) in [5.74, 6) is 1.31. The van der Waals surface area contributed by atoms with E-state index < -0.39 is 0 Å². The molecule has 86 valence electrons. The summed E-state index contributed by atoms with van der Waals surface area (Å²) in [7, 11) is 3.68. The van der Waals surface area contributed by atoms with Crippen molar-refractivity contribution in [3.05, 3.63) is 5.02 Å². The molecule has 1 atom stereocenters. The zero-order valence-corrected chi connectivity index (χ0v) is 10.2. The molecular weight excluding hydrogens is 224 g/mol. The van der Waals surface area contributed by atoms with Crippen LogP contribution in [0.1, 0.15) is 6.42 Å². The molecule has 1 fully saturated rings. The first kappa shape index (κ1) is 11.5. The van der Waals surface area contributed by atoms with Gasteiger partial charge in [0.1, 0.15) is 5.82 Å². The molecule has 3 N–H and O–H groups in total. The first-order chi connectivity index (χ1) is 7.70. The number of anilines is 2. The summed E-state index contributed by atoms with van der Waals surface area (Å²) in [6.45, 7) is 2.00. The van der Waals surface area contributed by atoms with Gasteiger partial charge < -0.3 is 16.0 Å². The van der Waals surface area contributed by atoms with Gasteiger partial charge in [0.15, 0.2) is 7.85 Å². The van der Waals surface area contributed by atoms with Crippen molar-refractivity contribution < 1.29 is 0 Å². The van der Waals surface area contributed by atoms with E-state index >= 15 is 0 Å². The molecule has 5 nitrogen and oxygen atoms in total. The first-order valence-electron chi connectivity index (χ1n) is 5.40. The van der Waals surface area contributed by atoms with Crippen molar-refractivity contribution in [3.63, 3.8) is 0 Å². The number of rotatable bonds is 3. The van der Waals surface area contributed by atoms with Crippen molar-refractivity contribution in [2.75, 3.05) is 30.8 Å². The van der Waals surface area contributed by atoms with Gasteiger partial charge in [-0.1, -0.05) is 11.6 Å². The zero-order valence-electron chi connectivity index (χ0n) is 9.47. The maximum absolute atomic E-state index is 6.05. The molecule has 1 aliphatic rings. The Morgan fingerprint density at radius 2 is 2.31 bits per heavy atom. The van der Waals surface area contributed by atoms with Crippen molar-refractivity contribution in [2.45, 2.75) is 12.5 Å². The van der Waals surface area contributed by atoms with E-state index in [1.807, 2.05) is 7.85 Å². The second kappa shape index (κ2) is 4.89. The van der Waals surface area contributed by atoms with Crippen LogP contribution in [0.4, 0.5) is 11.8 Å². The molecule has 0 saturated carbocycles. The average molecular weight is 240 g/mol. The fourth-order valence-electron chi connectivity index (χ4n) is 1.75. The van der Waals surface area contributed by atoms with Crippen LogP contribution in [0, 0.1) is 0 Å². The van der Waals surface area contributed by atoms with Gasteiger partial charge in [-0.15, -0.1) is 0 Å². The molecule has 1 saturated heterocycles. The molecule has 2 heterocycles. The van der Waals surface area contributed by atoms with Gasteiger partial charge in [-0.25, -0.2) is 4.98 Å². The topological polar surface area (TPSA) is 61.9 Å². The second-order valence-electron chi connectivity index (χ2n) is 3.88. The van der Waals surface area contributed by atoms with Crippen LogP contribution in [-0.2, 0) is 0 Å². The Labute approximate surface area is 101 Å². The molecule has 16 heavy (non-hydrogen) atoms. The second-order valence-corrected chi connectivity index (χ2v) is 4.26. The zero-order chi connectivity index (χ0) is 11.5. The molecule has 1 aromatic heterocycles. The van der Waals surface area contributed by atoms with Crippen LogP contribution >= 0.6 is 11.6 Å². The Hall–Kier alpha value is -1.01. The number of hydrogen-bond donors (Lipinski definition) is 3. The Morgan fingerprint density at radius 3 is 2.94 bits per heavy atom.